The Labute approximate surface area is 146 Å². The van der Waals surface area contributed by atoms with Gasteiger partial charge < -0.3 is 15.4 Å². The highest BCUT2D eigenvalue weighted by Crippen LogP contribution is 2.17. The maximum atomic E-state index is 13.5. The fraction of sp³-hybridized carbons (Fsp3) is 0.263. The van der Waals surface area contributed by atoms with Crippen molar-refractivity contribution in [1.29, 1.82) is 0 Å². The van der Waals surface area contributed by atoms with Gasteiger partial charge in [0, 0.05) is 6.54 Å². The molecule has 2 rings (SSSR count). The van der Waals surface area contributed by atoms with Crippen molar-refractivity contribution < 1.29 is 18.7 Å². The van der Waals surface area contributed by atoms with E-state index in [1.165, 1.54) is 6.07 Å². The van der Waals surface area contributed by atoms with E-state index >= 15 is 0 Å². The van der Waals surface area contributed by atoms with E-state index in [0.717, 1.165) is 0 Å². The molecule has 0 aliphatic rings. The highest BCUT2D eigenvalue weighted by Gasteiger charge is 2.12. The highest BCUT2D eigenvalue weighted by atomic mass is 19.1. The number of hydrogen-bond donors (Lipinski definition) is 2. The molecular formula is C19H21FN2O3. The first kappa shape index (κ1) is 18.4. The number of hydrogen-bond acceptors (Lipinski definition) is 3. The lowest BCUT2D eigenvalue weighted by molar-refractivity contribution is -0.120. The third kappa shape index (κ3) is 5.60. The third-order valence-electron chi connectivity index (χ3n) is 3.52. The van der Waals surface area contributed by atoms with Crippen LogP contribution in [0.1, 0.15) is 22.8 Å². The molecular weight excluding hydrogens is 323 g/mol. The van der Waals surface area contributed by atoms with E-state index in [2.05, 4.69) is 10.6 Å². The number of ether oxygens (including phenoxy) is 1. The Kier molecular flexibility index (Phi) is 6.95. The number of amides is 2. The van der Waals surface area contributed by atoms with Crippen molar-refractivity contribution in [3.8, 4) is 5.75 Å². The summed E-state index contributed by atoms with van der Waals surface area (Å²) in [5, 5.41) is 5.21. The highest BCUT2D eigenvalue weighted by molar-refractivity contribution is 5.98. The second-order valence-corrected chi connectivity index (χ2v) is 5.30. The molecule has 25 heavy (non-hydrogen) atoms. The van der Waals surface area contributed by atoms with Crippen LogP contribution in [0, 0.1) is 5.82 Å². The predicted molar refractivity (Wildman–Crippen MR) is 93.1 cm³/mol. The summed E-state index contributed by atoms with van der Waals surface area (Å²) in [4.78, 5) is 24.0. The lowest BCUT2D eigenvalue weighted by Crippen LogP contribution is -2.37. The van der Waals surface area contributed by atoms with Crippen LogP contribution in [0.4, 0.5) is 4.39 Å². The number of para-hydroxylation sites is 1. The number of rotatable bonds is 8. The number of nitrogens with one attached hydrogen (secondary N) is 2. The van der Waals surface area contributed by atoms with Crippen molar-refractivity contribution in [3.63, 3.8) is 0 Å². The van der Waals surface area contributed by atoms with Crippen molar-refractivity contribution in [1.82, 2.24) is 10.6 Å². The van der Waals surface area contributed by atoms with Gasteiger partial charge in [-0.1, -0.05) is 30.3 Å². The van der Waals surface area contributed by atoms with Crippen LogP contribution in [-0.4, -0.2) is 31.5 Å². The van der Waals surface area contributed by atoms with E-state index in [4.69, 9.17) is 4.74 Å². The van der Waals surface area contributed by atoms with Crippen LogP contribution in [0.2, 0.25) is 0 Å². The van der Waals surface area contributed by atoms with Crippen LogP contribution in [0.3, 0.4) is 0 Å². The molecule has 0 aromatic heterocycles. The summed E-state index contributed by atoms with van der Waals surface area (Å²) in [7, 11) is 0. The zero-order valence-corrected chi connectivity index (χ0v) is 14.0. The second kappa shape index (κ2) is 9.42. The molecule has 0 saturated heterocycles. The third-order valence-corrected chi connectivity index (χ3v) is 3.52. The molecule has 0 aliphatic carbocycles. The van der Waals surface area contributed by atoms with E-state index < -0.39 is 0 Å². The summed E-state index contributed by atoms with van der Waals surface area (Å²) in [5.74, 6) is -0.535. The van der Waals surface area contributed by atoms with Gasteiger partial charge in [-0.2, -0.15) is 0 Å². The summed E-state index contributed by atoms with van der Waals surface area (Å²) >= 11 is 0. The van der Waals surface area contributed by atoms with Crippen LogP contribution in [0.15, 0.2) is 48.5 Å². The Bertz CT molecular complexity index is 734. The van der Waals surface area contributed by atoms with E-state index in [1.807, 2.05) is 6.92 Å². The van der Waals surface area contributed by atoms with Gasteiger partial charge in [0.2, 0.25) is 5.91 Å². The predicted octanol–water partition coefficient (Wildman–Crippen LogP) is 2.31. The van der Waals surface area contributed by atoms with Crippen molar-refractivity contribution in [2.45, 2.75) is 13.3 Å². The van der Waals surface area contributed by atoms with Crippen LogP contribution < -0.4 is 15.4 Å². The van der Waals surface area contributed by atoms with Gasteiger partial charge in [-0.15, -0.1) is 0 Å². The Hall–Kier alpha value is -2.89. The topological polar surface area (TPSA) is 67.4 Å². The van der Waals surface area contributed by atoms with E-state index in [0.29, 0.717) is 36.4 Å². The fourth-order valence-electron chi connectivity index (χ4n) is 2.29. The summed E-state index contributed by atoms with van der Waals surface area (Å²) in [6.45, 7) is 2.42. The molecule has 6 heteroatoms. The molecule has 0 saturated carbocycles. The average Bonchev–Trinajstić information content (AvgIpc) is 2.62. The Morgan fingerprint density at radius 3 is 2.52 bits per heavy atom. The smallest absolute Gasteiger partial charge is 0.255 e. The van der Waals surface area contributed by atoms with Crippen LogP contribution in [0.5, 0.6) is 5.75 Å². The standard InChI is InChI=1S/C19H21FN2O3/c1-2-25-17-10-6-4-8-15(17)19(24)22-13-18(23)21-12-11-14-7-3-5-9-16(14)20/h3-10H,2,11-13H2,1H3,(H,21,23)(H,22,24). The molecule has 2 N–H and O–H groups in total. The van der Waals surface area contributed by atoms with Gasteiger partial charge in [0.1, 0.15) is 11.6 Å². The molecule has 132 valence electrons. The molecule has 0 unspecified atom stereocenters. The lowest BCUT2D eigenvalue weighted by Gasteiger charge is -2.10. The maximum Gasteiger partial charge on any atom is 0.255 e. The molecule has 0 fully saturated rings. The molecule has 0 atom stereocenters. The molecule has 5 nitrogen and oxygen atoms in total. The minimum absolute atomic E-state index is 0.156. The quantitative estimate of drug-likeness (QED) is 0.772. The number of benzene rings is 2. The Morgan fingerprint density at radius 1 is 1.04 bits per heavy atom. The minimum atomic E-state index is -0.381. The van der Waals surface area contributed by atoms with Crippen molar-refractivity contribution >= 4 is 11.8 Å². The van der Waals surface area contributed by atoms with Crippen LogP contribution in [0.25, 0.3) is 0 Å². The van der Waals surface area contributed by atoms with Gasteiger partial charge in [0.25, 0.3) is 5.91 Å². The first-order valence-corrected chi connectivity index (χ1v) is 8.12. The lowest BCUT2D eigenvalue weighted by atomic mass is 10.1. The first-order valence-electron chi connectivity index (χ1n) is 8.12. The second-order valence-electron chi connectivity index (χ2n) is 5.30. The molecule has 2 aromatic carbocycles. The van der Waals surface area contributed by atoms with Crippen LogP contribution >= 0.6 is 0 Å². The summed E-state index contributed by atoms with van der Waals surface area (Å²) in [6.07, 6.45) is 0.388. The SMILES string of the molecule is CCOc1ccccc1C(=O)NCC(=O)NCCc1ccccc1F. The molecule has 0 heterocycles. The van der Waals surface area contributed by atoms with E-state index in [9.17, 15) is 14.0 Å². The first-order chi connectivity index (χ1) is 12.1. The van der Waals surface area contributed by atoms with E-state index in [1.54, 1.807) is 42.5 Å². The Balaban J connectivity index is 1.78. The number of halogens is 1. The largest absolute Gasteiger partial charge is 0.493 e. The van der Waals surface area contributed by atoms with Gasteiger partial charge >= 0.3 is 0 Å². The Morgan fingerprint density at radius 2 is 1.76 bits per heavy atom. The van der Waals surface area contributed by atoms with Gasteiger partial charge in [-0.3, -0.25) is 9.59 Å². The van der Waals surface area contributed by atoms with Gasteiger partial charge in [-0.05, 0) is 37.1 Å². The molecule has 0 radical (unpaired) electrons. The van der Waals surface area contributed by atoms with Crippen LogP contribution in [-0.2, 0) is 11.2 Å². The van der Waals surface area contributed by atoms with Gasteiger partial charge in [-0.25, -0.2) is 4.39 Å². The molecule has 2 amide bonds. The van der Waals surface area contributed by atoms with E-state index in [-0.39, 0.29) is 24.2 Å². The molecule has 0 spiro atoms. The summed E-state index contributed by atoms with van der Waals surface area (Å²) < 4.78 is 18.9. The summed E-state index contributed by atoms with van der Waals surface area (Å²) in [5.41, 5.74) is 0.918. The molecule has 0 bridgehead atoms. The summed E-state index contributed by atoms with van der Waals surface area (Å²) in [6, 6.07) is 13.3. The maximum absolute atomic E-state index is 13.5. The normalized spacial score (nSPS) is 10.2. The molecule has 2 aromatic rings. The zero-order valence-electron chi connectivity index (χ0n) is 14.0. The zero-order chi connectivity index (χ0) is 18.1. The van der Waals surface area contributed by atoms with Gasteiger partial charge in [0.05, 0.1) is 18.7 Å². The van der Waals surface area contributed by atoms with Crippen molar-refractivity contribution in [2.75, 3.05) is 19.7 Å². The monoisotopic (exact) mass is 344 g/mol. The minimum Gasteiger partial charge on any atom is -0.493 e. The van der Waals surface area contributed by atoms with Gasteiger partial charge in [0.15, 0.2) is 0 Å². The molecule has 0 aliphatic heterocycles. The van der Waals surface area contributed by atoms with Crippen molar-refractivity contribution in [2.24, 2.45) is 0 Å². The fourth-order valence-corrected chi connectivity index (χ4v) is 2.29. The van der Waals surface area contributed by atoms with Crippen molar-refractivity contribution in [3.05, 3.63) is 65.5 Å². The number of carbonyl (C=O) groups is 2. The number of carbonyl (C=O) groups excluding carboxylic acids is 2. The average molecular weight is 344 g/mol.